The van der Waals surface area contributed by atoms with E-state index in [9.17, 15) is 22.8 Å². The average molecular weight is 452 g/mol. The molecule has 0 saturated carbocycles. The van der Waals surface area contributed by atoms with Crippen LogP contribution in [-0.2, 0) is 17.8 Å². The van der Waals surface area contributed by atoms with Gasteiger partial charge in [-0.1, -0.05) is 11.6 Å². The van der Waals surface area contributed by atoms with Crippen molar-refractivity contribution >= 4 is 29.1 Å². The number of alkyl halides is 2. The van der Waals surface area contributed by atoms with Crippen LogP contribution in [0.3, 0.4) is 0 Å². The van der Waals surface area contributed by atoms with Gasteiger partial charge in [-0.15, -0.1) is 0 Å². The molecular weight excluding hydrogens is 435 g/mol. The third-order valence-electron chi connectivity index (χ3n) is 5.81. The summed E-state index contributed by atoms with van der Waals surface area (Å²) in [6.45, 7) is -0.224. The summed E-state index contributed by atoms with van der Waals surface area (Å²) in [5.41, 5.74) is 2.25. The number of rotatable bonds is 2. The van der Waals surface area contributed by atoms with Crippen molar-refractivity contribution < 1.29 is 22.8 Å². The monoisotopic (exact) mass is 451 g/mol. The molecule has 11 heteroatoms. The van der Waals surface area contributed by atoms with E-state index in [1.807, 2.05) is 0 Å². The Morgan fingerprint density at radius 2 is 1.97 bits per heavy atom. The number of nitrogens with zero attached hydrogens (tertiary/aromatic N) is 4. The van der Waals surface area contributed by atoms with E-state index in [0.29, 0.717) is 35.5 Å². The molecule has 0 atom stereocenters. The van der Waals surface area contributed by atoms with Crippen LogP contribution >= 0.6 is 11.6 Å². The molecule has 4 aliphatic rings. The molecule has 7 nitrogen and oxygen atoms in total. The first-order valence-corrected chi connectivity index (χ1v) is 10.2. The summed E-state index contributed by atoms with van der Waals surface area (Å²) in [7, 11) is 0. The smallest absolute Gasteiger partial charge is 0.274 e. The maximum atomic E-state index is 13.6. The molecule has 2 amide bonds. The van der Waals surface area contributed by atoms with Crippen LogP contribution in [-0.4, -0.2) is 63.1 Å². The number of carbonyl (C=O) groups is 2. The Bertz CT molecular complexity index is 1130. The number of halogens is 4. The average Bonchev–Trinajstić information content (AvgIpc) is 3.42. The molecule has 1 aliphatic carbocycles. The van der Waals surface area contributed by atoms with Crippen LogP contribution in [0, 0.1) is 0 Å². The van der Waals surface area contributed by atoms with Gasteiger partial charge in [-0.2, -0.15) is 5.10 Å². The maximum Gasteiger partial charge on any atom is 0.274 e. The van der Waals surface area contributed by atoms with E-state index in [2.05, 4.69) is 15.2 Å². The molecule has 1 aromatic rings. The lowest BCUT2D eigenvalue weighted by atomic mass is 10.0. The van der Waals surface area contributed by atoms with Gasteiger partial charge in [0, 0.05) is 54.2 Å². The highest BCUT2D eigenvalue weighted by molar-refractivity contribution is 6.35. The third-order valence-corrected chi connectivity index (χ3v) is 6.14. The quantitative estimate of drug-likeness (QED) is 0.750. The van der Waals surface area contributed by atoms with Crippen LogP contribution in [0.1, 0.15) is 34.6 Å². The molecular formula is C20H17ClF3N5O2. The second-order valence-corrected chi connectivity index (χ2v) is 8.41. The molecule has 31 heavy (non-hydrogen) atoms. The molecule has 1 saturated heterocycles. The summed E-state index contributed by atoms with van der Waals surface area (Å²) in [6, 6.07) is 0. The fourth-order valence-corrected chi connectivity index (χ4v) is 4.46. The zero-order valence-corrected chi connectivity index (χ0v) is 17.0. The Morgan fingerprint density at radius 1 is 1.16 bits per heavy atom. The minimum Gasteiger partial charge on any atom is -0.332 e. The topological polar surface area (TPSA) is 81.7 Å². The summed E-state index contributed by atoms with van der Waals surface area (Å²) in [6.07, 6.45) is 2.81. The van der Waals surface area contributed by atoms with Gasteiger partial charge in [0.25, 0.3) is 17.7 Å². The number of nitrogens with one attached hydrogen (secondary N) is 1. The zero-order valence-electron chi connectivity index (χ0n) is 16.2. The number of aromatic amines is 1. The molecule has 162 valence electrons. The Morgan fingerprint density at radius 3 is 2.71 bits per heavy atom. The van der Waals surface area contributed by atoms with Crippen molar-refractivity contribution in [2.75, 3.05) is 19.6 Å². The van der Waals surface area contributed by atoms with Gasteiger partial charge in [0.05, 0.1) is 18.8 Å². The van der Waals surface area contributed by atoms with E-state index in [-0.39, 0.29) is 48.3 Å². The van der Waals surface area contributed by atoms with Crippen molar-refractivity contribution in [2.24, 2.45) is 4.99 Å². The lowest BCUT2D eigenvalue weighted by molar-refractivity contribution is -0.128. The van der Waals surface area contributed by atoms with Crippen LogP contribution in [0.4, 0.5) is 13.2 Å². The van der Waals surface area contributed by atoms with Crippen molar-refractivity contribution in [2.45, 2.75) is 31.7 Å². The molecule has 1 aromatic heterocycles. The number of aliphatic imine (C=N–C) groups is 1. The van der Waals surface area contributed by atoms with Crippen LogP contribution < -0.4 is 0 Å². The van der Waals surface area contributed by atoms with Gasteiger partial charge < -0.3 is 9.80 Å². The summed E-state index contributed by atoms with van der Waals surface area (Å²) >= 11 is 6.10. The Kier molecular flexibility index (Phi) is 4.58. The number of hydrogen-bond acceptors (Lipinski definition) is 4. The SMILES string of the molecule is O=C(C1=CC2=C(Cl)CC(F)=CC2=N1)N1CCc2[nH]nc(C(=O)N3CCC(F)(F)C3)c2C1. The van der Waals surface area contributed by atoms with Crippen molar-refractivity contribution in [3.8, 4) is 0 Å². The van der Waals surface area contributed by atoms with Crippen molar-refractivity contribution in [3.05, 3.63) is 51.2 Å². The number of likely N-dealkylation sites (tertiary alicyclic amines) is 1. The number of aromatic nitrogens is 2. The number of hydrogen-bond donors (Lipinski definition) is 1. The molecule has 3 aliphatic heterocycles. The van der Waals surface area contributed by atoms with Gasteiger partial charge >= 0.3 is 0 Å². The fourth-order valence-electron chi connectivity index (χ4n) is 4.18. The summed E-state index contributed by atoms with van der Waals surface area (Å²) in [4.78, 5) is 32.6. The first-order valence-electron chi connectivity index (χ1n) is 9.80. The number of H-pyrrole nitrogens is 1. The molecule has 0 radical (unpaired) electrons. The Hall–Kier alpha value is -2.88. The van der Waals surface area contributed by atoms with Crippen LogP contribution in [0.5, 0.6) is 0 Å². The first kappa shape index (κ1) is 20.0. The molecule has 0 spiro atoms. The highest BCUT2D eigenvalue weighted by Crippen LogP contribution is 2.34. The first-order chi connectivity index (χ1) is 14.7. The van der Waals surface area contributed by atoms with Gasteiger partial charge in [-0.05, 0) is 12.2 Å². The molecule has 0 aromatic carbocycles. The van der Waals surface area contributed by atoms with Gasteiger partial charge in [0.15, 0.2) is 5.69 Å². The van der Waals surface area contributed by atoms with E-state index in [0.717, 1.165) is 4.90 Å². The van der Waals surface area contributed by atoms with Crippen LogP contribution in [0.15, 0.2) is 39.3 Å². The van der Waals surface area contributed by atoms with E-state index in [1.54, 1.807) is 0 Å². The summed E-state index contributed by atoms with van der Waals surface area (Å²) in [5, 5.41) is 7.12. The van der Waals surface area contributed by atoms with E-state index in [4.69, 9.17) is 11.6 Å². The van der Waals surface area contributed by atoms with Crippen LogP contribution in [0.2, 0.25) is 0 Å². The van der Waals surface area contributed by atoms with E-state index in [1.165, 1.54) is 17.1 Å². The van der Waals surface area contributed by atoms with E-state index < -0.39 is 24.2 Å². The molecule has 0 bridgehead atoms. The maximum absolute atomic E-state index is 13.6. The second kappa shape index (κ2) is 7.08. The normalized spacial score (nSPS) is 22.1. The summed E-state index contributed by atoms with van der Waals surface area (Å²) in [5.74, 6) is -4.28. The molecule has 4 heterocycles. The van der Waals surface area contributed by atoms with Gasteiger partial charge in [0.1, 0.15) is 11.5 Å². The lowest BCUT2D eigenvalue weighted by Crippen LogP contribution is -2.38. The number of fused-ring (bicyclic) bond motifs is 2. The van der Waals surface area contributed by atoms with Crippen LogP contribution in [0.25, 0.3) is 0 Å². The fraction of sp³-hybridized carbons (Fsp3) is 0.400. The van der Waals surface area contributed by atoms with Gasteiger partial charge in [-0.3, -0.25) is 14.7 Å². The lowest BCUT2D eigenvalue weighted by Gasteiger charge is -2.27. The predicted molar refractivity (Wildman–Crippen MR) is 105 cm³/mol. The minimum atomic E-state index is -2.90. The third kappa shape index (κ3) is 3.48. The molecule has 0 unspecified atom stereocenters. The highest BCUT2D eigenvalue weighted by atomic mass is 35.5. The van der Waals surface area contributed by atoms with E-state index >= 15 is 0 Å². The predicted octanol–water partition coefficient (Wildman–Crippen LogP) is 2.86. The largest absolute Gasteiger partial charge is 0.332 e. The highest BCUT2D eigenvalue weighted by Gasteiger charge is 2.42. The number of amides is 2. The molecule has 1 fully saturated rings. The summed E-state index contributed by atoms with van der Waals surface area (Å²) < 4.78 is 40.7. The second-order valence-electron chi connectivity index (χ2n) is 7.95. The Balaban J connectivity index is 1.37. The molecule has 1 N–H and O–H groups in total. The van der Waals surface area contributed by atoms with Gasteiger partial charge in [0.2, 0.25) is 0 Å². The molecule has 5 rings (SSSR count). The van der Waals surface area contributed by atoms with Crippen molar-refractivity contribution in [1.29, 1.82) is 0 Å². The zero-order chi connectivity index (χ0) is 21.9. The van der Waals surface area contributed by atoms with Crippen molar-refractivity contribution in [3.63, 3.8) is 0 Å². The van der Waals surface area contributed by atoms with Gasteiger partial charge in [-0.25, -0.2) is 18.2 Å². The standard InChI is InChI=1S/C20H17ClF3N5O2/c21-13-5-10(22)6-15-11(13)7-16(25-15)18(30)28-3-1-14-12(8-28)17(27-26-14)19(31)29-4-2-20(23,24)9-29/h6-7H,1-5,8-9H2,(H,26,27). The minimum absolute atomic E-state index is 0.0308. The number of carbonyl (C=O) groups excluding carboxylic acids is 2. The number of allylic oxidation sites excluding steroid dienone is 5. The van der Waals surface area contributed by atoms with Crippen molar-refractivity contribution in [1.82, 2.24) is 20.0 Å². The Labute approximate surface area is 179 Å².